The van der Waals surface area contributed by atoms with Gasteiger partial charge in [-0.1, -0.05) is 0 Å². The lowest BCUT2D eigenvalue weighted by Gasteiger charge is -2.41. The fourth-order valence-electron chi connectivity index (χ4n) is 3.64. The number of fused-ring (bicyclic) bond motifs is 1. The summed E-state index contributed by atoms with van der Waals surface area (Å²) in [5, 5.41) is 3.36. The molecule has 1 atom stereocenters. The van der Waals surface area contributed by atoms with Crippen LogP contribution in [0.3, 0.4) is 0 Å². The Morgan fingerprint density at radius 3 is 2.58 bits per heavy atom. The second-order valence-corrected chi connectivity index (χ2v) is 8.54. The number of thiophene rings is 1. The van der Waals surface area contributed by atoms with Crippen molar-refractivity contribution in [2.45, 2.75) is 64.3 Å². The first kappa shape index (κ1) is 17.4. The van der Waals surface area contributed by atoms with Crippen LogP contribution in [0.15, 0.2) is 0 Å². The highest BCUT2D eigenvalue weighted by molar-refractivity contribution is 7.17. The zero-order chi connectivity index (χ0) is 17.7. The van der Waals surface area contributed by atoms with Gasteiger partial charge in [-0.3, -0.25) is 9.59 Å². The molecule has 0 aromatic carbocycles. The molecule has 3 heterocycles. The van der Waals surface area contributed by atoms with Crippen molar-refractivity contribution < 1.29 is 19.1 Å². The van der Waals surface area contributed by atoms with E-state index in [1.54, 1.807) is 0 Å². The first-order valence-corrected chi connectivity index (χ1v) is 9.01. The summed E-state index contributed by atoms with van der Waals surface area (Å²) in [6.07, 6.45) is 1.70. The van der Waals surface area contributed by atoms with Crippen molar-refractivity contribution in [3.8, 4) is 0 Å². The third-order valence-corrected chi connectivity index (χ3v) is 5.85. The molecule has 132 valence electrons. The van der Waals surface area contributed by atoms with E-state index in [1.807, 2.05) is 27.7 Å². The summed E-state index contributed by atoms with van der Waals surface area (Å²) in [6.45, 7) is 8.52. The number of ether oxygens (including phenoxy) is 2. The monoisotopic (exact) mass is 352 g/mol. The third kappa shape index (κ3) is 3.08. The maximum Gasteiger partial charge on any atom is 0.254 e. The predicted octanol–water partition coefficient (Wildman–Crippen LogP) is 2.55. The first-order valence-electron chi connectivity index (χ1n) is 8.19. The molecule has 1 aromatic heterocycles. The van der Waals surface area contributed by atoms with Crippen molar-refractivity contribution in [1.29, 1.82) is 0 Å². The minimum atomic E-state index is -0.543. The van der Waals surface area contributed by atoms with Crippen LogP contribution in [0.5, 0.6) is 0 Å². The average molecular weight is 352 g/mol. The number of hydrogen-bond donors (Lipinski definition) is 2. The van der Waals surface area contributed by atoms with Crippen molar-refractivity contribution in [3.05, 3.63) is 16.0 Å². The number of amides is 2. The van der Waals surface area contributed by atoms with Gasteiger partial charge in [0.1, 0.15) is 11.1 Å². The van der Waals surface area contributed by atoms with Gasteiger partial charge < -0.3 is 20.5 Å². The molecule has 0 radical (unpaired) electrons. The van der Waals surface area contributed by atoms with E-state index in [0.29, 0.717) is 30.0 Å². The van der Waals surface area contributed by atoms with Crippen LogP contribution in [0.2, 0.25) is 0 Å². The van der Waals surface area contributed by atoms with Gasteiger partial charge in [0.2, 0.25) is 0 Å². The lowest BCUT2D eigenvalue weighted by Crippen LogP contribution is -2.42. The van der Waals surface area contributed by atoms with Gasteiger partial charge in [0.25, 0.3) is 11.8 Å². The fraction of sp³-hybridized carbons (Fsp3) is 0.647. The molecular formula is C17H24N2O4S. The molecule has 0 spiro atoms. The quantitative estimate of drug-likeness (QED) is 0.875. The Morgan fingerprint density at radius 1 is 1.29 bits per heavy atom. The summed E-state index contributed by atoms with van der Waals surface area (Å²) in [4.78, 5) is 25.4. The van der Waals surface area contributed by atoms with Gasteiger partial charge >= 0.3 is 0 Å². The van der Waals surface area contributed by atoms with E-state index in [0.717, 1.165) is 16.9 Å². The Labute approximate surface area is 145 Å². The van der Waals surface area contributed by atoms with Gasteiger partial charge in [-0.15, -0.1) is 11.3 Å². The number of carbonyl (C=O) groups excluding carboxylic acids is 2. The van der Waals surface area contributed by atoms with Crippen molar-refractivity contribution in [3.63, 3.8) is 0 Å². The van der Waals surface area contributed by atoms with Crippen LogP contribution in [-0.4, -0.2) is 30.1 Å². The highest BCUT2D eigenvalue weighted by Crippen LogP contribution is 2.48. The SMILES string of the molecule is CC1(C)Cc2c(sc(NC(=O)C3CCCO3)c2C(N)=O)C(C)(C)O1. The number of nitrogens with two attached hydrogens (primary N) is 1. The number of primary amides is 1. The van der Waals surface area contributed by atoms with Gasteiger partial charge in [0.15, 0.2) is 0 Å². The molecule has 1 fully saturated rings. The summed E-state index contributed by atoms with van der Waals surface area (Å²) < 4.78 is 11.6. The molecule has 0 bridgehead atoms. The zero-order valence-electron chi connectivity index (χ0n) is 14.5. The molecule has 3 rings (SSSR count). The van der Waals surface area contributed by atoms with Crippen molar-refractivity contribution >= 4 is 28.2 Å². The molecular weight excluding hydrogens is 328 g/mol. The highest BCUT2D eigenvalue weighted by atomic mass is 32.1. The Morgan fingerprint density at radius 2 is 2.00 bits per heavy atom. The molecule has 2 aliphatic rings. The molecule has 6 nitrogen and oxygen atoms in total. The van der Waals surface area contributed by atoms with E-state index < -0.39 is 23.2 Å². The topological polar surface area (TPSA) is 90.6 Å². The van der Waals surface area contributed by atoms with E-state index in [-0.39, 0.29) is 5.91 Å². The standard InChI is InChI=1S/C17H24N2O4S/c1-16(2)8-9-11(13(18)20)15(24-12(9)17(3,4)23-16)19-14(21)10-6-5-7-22-10/h10H,5-8H2,1-4H3,(H2,18,20)(H,19,21). The van der Waals surface area contributed by atoms with Crippen molar-refractivity contribution in [2.24, 2.45) is 5.73 Å². The number of anilines is 1. The molecule has 1 aromatic rings. The zero-order valence-corrected chi connectivity index (χ0v) is 15.3. The van der Waals surface area contributed by atoms with E-state index >= 15 is 0 Å². The first-order chi connectivity index (χ1) is 11.1. The number of carbonyl (C=O) groups is 2. The molecule has 1 saturated heterocycles. The van der Waals surface area contributed by atoms with Gasteiger partial charge in [-0.05, 0) is 46.1 Å². The predicted molar refractivity (Wildman–Crippen MR) is 92.3 cm³/mol. The van der Waals surface area contributed by atoms with Crippen LogP contribution in [-0.2, 0) is 26.3 Å². The third-order valence-electron chi connectivity index (χ3n) is 4.39. The number of hydrogen-bond acceptors (Lipinski definition) is 5. The largest absolute Gasteiger partial charge is 0.368 e. The molecule has 7 heteroatoms. The Balaban J connectivity index is 2.00. The number of nitrogens with one attached hydrogen (secondary N) is 1. The fourth-order valence-corrected chi connectivity index (χ4v) is 4.91. The van der Waals surface area contributed by atoms with Crippen LogP contribution >= 0.6 is 11.3 Å². The van der Waals surface area contributed by atoms with Crippen LogP contribution in [0.4, 0.5) is 5.00 Å². The van der Waals surface area contributed by atoms with Crippen molar-refractivity contribution in [1.82, 2.24) is 0 Å². The van der Waals surface area contributed by atoms with Crippen LogP contribution in [0.25, 0.3) is 0 Å². The second-order valence-electron chi connectivity index (χ2n) is 7.52. The minimum Gasteiger partial charge on any atom is -0.368 e. The minimum absolute atomic E-state index is 0.216. The van der Waals surface area contributed by atoms with Gasteiger partial charge in [-0.25, -0.2) is 0 Å². The maximum absolute atomic E-state index is 12.4. The molecule has 1 unspecified atom stereocenters. The molecule has 0 saturated carbocycles. The van der Waals surface area contributed by atoms with Gasteiger partial charge in [-0.2, -0.15) is 0 Å². The Kier molecular flexibility index (Phi) is 4.22. The highest BCUT2D eigenvalue weighted by Gasteiger charge is 2.43. The molecule has 3 N–H and O–H groups in total. The molecule has 2 aliphatic heterocycles. The summed E-state index contributed by atoms with van der Waals surface area (Å²) >= 11 is 1.37. The van der Waals surface area contributed by atoms with E-state index in [2.05, 4.69) is 5.32 Å². The number of rotatable bonds is 3. The van der Waals surface area contributed by atoms with Crippen LogP contribution in [0.1, 0.15) is 61.3 Å². The van der Waals surface area contributed by atoms with Gasteiger partial charge in [0.05, 0.1) is 16.8 Å². The van der Waals surface area contributed by atoms with E-state index in [4.69, 9.17) is 15.2 Å². The Hall–Kier alpha value is -1.44. The average Bonchev–Trinajstić information content (AvgIpc) is 3.03. The molecule has 24 heavy (non-hydrogen) atoms. The normalized spacial score (nSPS) is 24.4. The van der Waals surface area contributed by atoms with Crippen molar-refractivity contribution in [2.75, 3.05) is 11.9 Å². The van der Waals surface area contributed by atoms with Gasteiger partial charge in [0, 0.05) is 17.9 Å². The van der Waals surface area contributed by atoms with Crippen LogP contribution < -0.4 is 11.1 Å². The second kappa shape index (κ2) is 5.82. The maximum atomic E-state index is 12.4. The molecule has 0 aliphatic carbocycles. The van der Waals surface area contributed by atoms with Crippen LogP contribution in [0, 0.1) is 0 Å². The Bertz CT molecular complexity index is 687. The summed E-state index contributed by atoms with van der Waals surface area (Å²) in [7, 11) is 0. The molecule has 2 amide bonds. The van der Waals surface area contributed by atoms with E-state index in [9.17, 15) is 9.59 Å². The lowest BCUT2D eigenvalue weighted by molar-refractivity contribution is -0.135. The smallest absolute Gasteiger partial charge is 0.254 e. The summed E-state index contributed by atoms with van der Waals surface area (Å²) in [5.74, 6) is -0.741. The summed E-state index contributed by atoms with van der Waals surface area (Å²) in [5.41, 5.74) is 5.98. The summed E-state index contributed by atoms with van der Waals surface area (Å²) in [6, 6.07) is 0. The van der Waals surface area contributed by atoms with E-state index in [1.165, 1.54) is 11.3 Å². The lowest BCUT2D eigenvalue weighted by atomic mass is 9.86.